The van der Waals surface area contributed by atoms with E-state index in [1.165, 1.54) is 4.88 Å². The van der Waals surface area contributed by atoms with Crippen LogP contribution >= 0.6 is 11.3 Å². The molecule has 0 unspecified atom stereocenters. The van der Waals surface area contributed by atoms with Crippen LogP contribution in [0.25, 0.3) is 22.6 Å². The number of aromatic nitrogens is 5. The molecular weight excluding hydrogens is 308 g/mol. The van der Waals surface area contributed by atoms with Gasteiger partial charge < -0.3 is 5.32 Å². The topological polar surface area (TPSA) is 68.5 Å². The monoisotopic (exact) mass is 322 g/mol. The molecule has 1 N–H and O–H groups in total. The third-order valence-electron chi connectivity index (χ3n) is 3.50. The SMILES string of the molecule is Cn1ncc2c(NCc3cccs3)nc(-c3ccccn3)nc21. The second-order valence-corrected chi connectivity index (χ2v) is 6.08. The van der Waals surface area contributed by atoms with E-state index in [1.54, 1.807) is 28.4 Å². The first kappa shape index (κ1) is 13.8. The second kappa shape index (κ2) is 5.77. The Hall–Kier alpha value is -2.80. The van der Waals surface area contributed by atoms with Gasteiger partial charge in [0.05, 0.1) is 18.1 Å². The zero-order valence-electron chi connectivity index (χ0n) is 12.5. The molecule has 0 atom stereocenters. The average molecular weight is 322 g/mol. The Morgan fingerprint density at radius 1 is 1.17 bits per heavy atom. The van der Waals surface area contributed by atoms with E-state index < -0.39 is 0 Å². The summed E-state index contributed by atoms with van der Waals surface area (Å²) < 4.78 is 1.75. The maximum Gasteiger partial charge on any atom is 0.182 e. The molecule has 0 aliphatic heterocycles. The summed E-state index contributed by atoms with van der Waals surface area (Å²) >= 11 is 1.71. The first-order valence-corrected chi connectivity index (χ1v) is 8.06. The highest BCUT2D eigenvalue weighted by molar-refractivity contribution is 7.09. The molecular formula is C16H14N6S. The number of rotatable bonds is 4. The van der Waals surface area contributed by atoms with E-state index in [2.05, 4.69) is 36.8 Å². The lowest BCUT2D eigenvalue weighted by atomic mass is 10.3. The Balaban J connectivity index is 1.78. The Labute approximate surface area is 136 Å². The van der Waals surface area contributed by atoms with E-state index in [0.717, 1.165) is 29.1 Å². The van der Waals surface area contributed by atoms with Gasteiger partial charge in [0.1, 0.15) is 11.5 Å². The smallest absolute Gasteiger partial charge is 0.182 e. The molecule has 0 amide bonds. The van der Waals surface area contributed by atoms with Gasteiger partial charge in [0.2, 0.25) is 0 Å². The summed E-state index contributed by atoms with van der Waals surface area (Å²) in [6, 6.07) is 9.85. The molecule has 0 bridgehead atoms. The van der Waals surface area contributed by atoms with Gasteiger partial charge in [-0.2, -0.15) is 5.10 Å². The van der Waals surface area contributed by atoms with E-state index in [-0.39, 0.29) is 0 Å². The molecule has 4 aromatic rings. The molecule has 0 fully saturated rings. The van der Waals surface area contributed by atoms with Gasteiger partial charge in [-0.3, -0.25) is 9.67 Å². The van der Waals surface area contributed by atoms with Crippen LogP contribution in [-0.2, 0) is 13.6 Å². The van der Waals surface area contributed by atoms with Crippen molar-refractivity contribution >= 4 is 28.2 Å². The van der Waals surface area contributed by atoms with Crippen LogP contribution in [-0.4, -0.2) is 24.7 Å². The van der Waals surface area contributed by atoms with Crippen molar-refractivity contribution in [3.8, 4) is 11.5 Å². The second-order valence-electron chi connectivity index (χ2n) is 5.05. The quantitative estimate of drug-likeness (QED) is 0.625. The van der Waals surface area contributed by atoms with Gasteiger partial charge in [0.15, 0.2) is 11.5 Å². The lowest BCUT2D eigenvalue weighted by molar-refractivity contribution is 0.785. The fourth-order valence-electron chi connectivity index (χ4n) is 2.35. The first-order chi connectivity index (χ1) is 11.3. The maximum atomic E-state index is 4.65. The highest BCUT2D eigenvalue weighted by Crippen LogP contribution is 2.24. The number of anilines is 1. The molecule has 0 radical (unpaired) electrons. The van der Waals surface area contributed by atoms with E-state index in [0.29, 0.717) is 5.82 Å². The molecule has 23 heavy (non-hydrogen) atoms. The number of hydrogen-bond donors (Lipinski definition) is 1. The van der Waals surface area contributed by atoms with Crippen LogP contribution in [0.4, 0.5) is 5.82 Å². The van der Waals surface area contributed by atoms with E-state index in [4.69, 9.17) is 0 Å². The summed E-state index contributed by atoms with van der Waals surface area (Å²) in [5, 5.41) is 10.7. The van der Waals surface area contributed by atoms with E-state index >= 15 is 0 Å². The van der Waals surface area contributed by atoms with Gasteiger partial charge in [0.25, 0.3) is 0 Å². The van der Waals surface area contributed by atoms with Crippen LogP contribution in [0.2, 0.25) is 0 Å². The normalized spacial score (nSPS) is 11.0. The zero-order valence-corrected chi connectivity index (χ0v) is 13.3. The lowest BCUT2D eigenvalue weighted by Gasteiger charge is -2.08. The minimum Gasteiger partial charge on any atom is -0.364 e. The number of hydrogen-bond acceptors (Lipinski definition) is 6. The van der Waals surface area contributed by atoms with Crippen molar-refractivity contribution in [2.45, 2.75) is 6.54 Å². The Morgan fingerprint density at radius 2 is 2.13 bits per heavy atom. The highest BCUT2D eigenvalue weighted by atomic mass is 32.1. The predicted molar refractivity (Wildman–Crippen MR) is 91.2 cm³/mol. The van der Waals surface area contributed by atoms with Crippen molar-refractivity contribution in [2.24, 2.45) is 7.05 Å². The van der Waals surface area contributed by atoms with Crippen molar-refractivity contribution in [3.63, 3.8) is 0 Å². The van der Waals surface area contributed by atoms with Gasteiger partial charge in [0, 0.05) is 18.1 Å². The number of aryl methyl sites for hydroxylation is 1. The van der Waals surface area contributed by atoms with Crippen LogP contribution < -0.4 is 5.32 Å². The predicted octanol–water partition coefficient (Wildman–Crippen LogP) is 3.10. The number of thiophene rings is 1. The van der Waals surface area contributed by atoms with Gasteiger partial charge in [-0.05, 0) is 23.6 Å². The summed E-state index contributed by atoms with van der Waals surface area (Å²) in [7, 11) is 1.88. The van der Waals surface area contributed by atoms with E-state index in [1.807, 2.05) is 31.3 Å². The minimum atomic E-state index is 0.593. The van der Waals surface area contributed by atoms with Crippen LogP contribution in [0.1, 0.15) is 4.88 Å². The van der Waals surface area contributed by atoms with Gasteiger partial charge in [-0.15, -0.1) is 11.3 Å². The van der Waals surface area contributed by atoms with Crippen LogP contribution in [0.15, 0.2) is 48.1 Å². The highest BCUT2D eigenvalue weighted by Gasteiger charge is 2.13. The van der Waals surface area contributed by atoms with Crippen molar-refractivity contribution in [2.75, 3.05) is 5.32 Å². The molecule has 0 aliphatic carbocycles. The lowest BCUT2D eigenvalue weighted by Crippen LogP contribution is -2.04. The standard InChI is InChI=1S/C16H14N6S/c1-22-16-12(10-19-22)14(18-9-11-5-4-8-23-11)20-15(21-16)13-6-2-3-7-17-13/h2-8,10H,9H2,1H3,(H,18,20,21). The van der Waals surface area contributed by atoms with Gasteiger partial charge in [-0.1, -0.05) is 12.1 Å². The van der Waals surface area contributed by atoms with Crippen molar-refractivity contribution in [1.29, 1.82) is 0 Å². The molecule has 4 aromatic heterocycles. The summed E-state index contributed by atoms with van der Waals surface area (Å²) in [5.41, 5.74) is 1.53. The summed E-state index contributed by atoms with van der Waals surface area (Å²) in [6.45, 7) is 0.723. The van der Waals surface area contributed by atoms with Gasteiger partial charge in [-0.25, -0.2) is 9.97 Å². The van der Waals surface area contributed by atoms with Crippen LogP contribution in [0.3, 0.4) is 0 Å². The molecule has 6 nitrogen and oxygen atoms in total. The summed E-state index contributed by atoms with van der Waals surface area (Å²) in [6.07, 6.45) is 3.53. The molecule has 4 heterocycles. The molecule has 0 spiro atoms. The molecule has 4 rings (SSSR count). The minimum absolute atomic E-state index is 0.593. The largest absolute Gasteiger partial charge is 0.364 e. The van der Waals surface area contributed by atoms with Crippen molar-refractivity contribution in [3.05, 3.63) is 53.0 Å². The number of fused-ring (bicyclic) bond motifs is 1. The third kappa shape index (κ3) is 2.66. The maximum absolute atomic E-state index is 4.65. The van der Waals surface area contributed by atoms with Gasteiger partial charge >= 0.3 is 0 Å². The number of pyridine rings is 1. The molecule has 0 saturated carbocycles. The first-order valence-electron chi connectivity index (χ1n) is 7.18. The fourth-order valence-corrected chi connectivity index (χ4v) is 3.00. The van der Waals surface area contributed by atoms with Crippen molar-refractivity contribution < 1.29 is 0 Å². The average Bonchev–Trinajstić information content (AvgIpc) is 3.24. The third-order valence-corrected chi connectivity index (χ3v) is 4.37. The van der Waals surface area contributed by atoms with Crippen molar-refractivity contribution in [1.82, 2.24) is 24.7 Å². The molecule has 0 aliphatic rings. The molecule has 114 valence electrons. The Bertz CT molecular complexity index is 930. The summed E-state index contributed by atoms with van der Waals surface area (Å²) in [4.78, 5) is 14.8. The zero-order chi connectivity index (χ0) is 15.6. The summed E-state index contributed by atoms with van der Waals surface area (Å²) in [5.74, 6) is 1.37. The van der Waals surface area contributed by atoms with Crippen LogP contribution in [0.5, 0.6) is 0 Å². The molecule has 0 saturated heterocycles. The van der Waals surface area contributed by atoms with E-state index in [9.17, 15) is 0 Å². The Morgan fingerprint density at radius 3 is 2.91 bits per heavy atom. The Kier molecular flexibility index (Phi) is 3.47. The fraction of sp³-hybridized carbons (Fsp3) is 0.125. The molecule has 7 heteroatoms. The molecule has 0 aromatic carbocycles. The van der Waals surface area contributed by atoms with Crippen LogP contribution in [0, 0.1) is 0 Å². The number of nitrogens with zero attached hydrogens (tertiary/aromatic N) is 5. The number of nitrogens with one attached hydrogen (secondary N) is 1.